The highest BCUT2D eigenvalue weighted by Crippen LogP contribution is 2.36. The second kappa shape index (κ2) is 45.3. The zero-order valence-electron chi connectivity index (χ0n) is 62.5. The first-order valence-electron chi connectivity index (χ1n) is 34.6. The van der Waals surface area contributed by atoms with E-state index in [1.165, 1.54) is 36.4 Å². The molecule has 31 heteroatoms. The molecule has 6 aliphatic heterocycles. The number of phenols is 6. The van der Waals surface area contributed by atoms with Crippen LogP contribution in [-0.2, 0) is 72.3 Å². The average Bonchev–Trinajstić information content (AvgIpc) is 0.648. The summed E-state index contributed by atoms with van der Waals surface area (Å²) in [7, 11) is 2.20. The number of carboxylic acid groups (broad SMARTS) is 1. The fourth-order valence-electron chi connectivity index (χ4n) is 10.0. The van der Waals surface area contributed by atoms with E-state index >= 15 is 0 Å². The van der Waals surface area contributed by atoms with Crippen molar-refractivity contribution < 1.29 is 135 Å². The van der Waals surface area contributed by atoms with Crippen molar-refractivity contribution in [3.63, 3.8) is 0 Å². The van der Waals surface area contributed by atoms with E-state index in [-0.39, 0.29) is 111 Å². The minimum Gasteiger partial charge on any atom is -0.508 e. The van der Waals surface area contributed by atoms with Gasteiger partial charge in [0, 0.05) is 24.0 Å². The molecule has 12 rings (SSSR count). The topological polar surface area (TPSA) is 363 Å². The summed E-state index contributed by atoms with van der Waals surface area (Å²) in [4.78, 5) is 76.2. The molecule has 25 nitrogen and oxygen atoms in total. The van der Waals surface area contributed by atoms with Crippen molar-refractivity contribution in [2.75, 3.05) is 39.6 Å². The first kappa shape index (κ1) is 93.3. The summed E-state index contributed by atoms with van der Waals surface area (Å²) in [5.74, 6) is 1.65. The third kappa shape index (κ3) is 34.8. The number of halogens is 3. The normalized spacial score (nSPS) is 17.0. The Morgan fingerprint density at radius 3 is 1.31 bits per heavy atom. The number of phenolic OH excluding ortho intramolecular Hbond substituents is 6. The number of esters is 3. The molecule has 6 aliphatic rings. The van der Waals surface area contributed by atoms with Gasteiger partial charge in [0.15, 0.2) is 43.9 Å². The van der Waals surface area contributed by atoms with Crippen LogP contribution in [0.25, 0.3) is 12.2 Å². The van der Waals surface area contributed by atoms with E-state index in [9.17, 15) is 62.4 Å². The minimum atomic E-state index is -4.64. The molecule has 6 aromatic carbocycles. The van der Waals surface area contributed by atoms with E-state index < -0.39 is 54.1 Å². The van der Waals surface area contributed by atoms with Crippen LogP contribution >= 0.6 is 15.9 Å². The Kier molecular flexibility index (Phi) is 38.1. The first-order chi connectivity index (χ1) is 51.6. The number of aliphatic carboxylic acids is 1. The van der Waals surface area contributed by atoms with Gasteiger partial charge in [-0.05, 0) is 233 Å². The van der Waals surface area contributed by atoms with Gasteiger partial charge in [0.2, 0.25) is 6.29 Å². The van der Waals surface area contributed by atoms with Gasteiger partial charge in [-0.2, -0.15) is 13.2 Å². The van der Waals surface area contributed by atoms with Crippen molar-refractivity contribution in [2.45, 2.75) is 164 Å². The summed E-state index contributed by atoms with van der Waals surface area (Å²) < 4.78 is 98.0. The van der Waals surface area contributed by atoms with Crippen LogP contribution in [0, 0.1) is 11.8 Å². The number of aldehydes is 3. The highest BCUT2D eigenvalue weighted by molar-refractivity contribution is 8.24. The third-order valence-corrected chi connectivity index (χ3v) is 14.9. The van der Waals surface area contributed by atoms with Gasteiger partial charge in [-0.3, -0.25) is 24.0 Å². The molecule has 0 spiro atoms. The largest absolute Gasteiger partial charge is 0.508 e. The number of aromatic hydroxyl groups is 6. The summed E-state index contributed by atoms with van der Waals surface area (Å²) in [6, 6.07) is 28.4. The number of carbonyl (C=O) groups excluding carboxylic acids is 6. The Labute approximate surface area is 653 Å². The number of rotatable bonds is 10. The molecule has 6 heterocycles. The fraction of sp³-hybridized carbons (Fsp3) is 0.412. The summed E-state index contributed by atoms with van der Waals surface area (Å²) in [5.41, 5.74) is 2.83. The standard InChI is InChI=1S/C19H24O5.C14H18O4.C14H16O4.C12H14O4.C10H10O4.C7H6O3.C2HF3O.2CH4.H2P2S/c1-19(2,3)24-18(20)14-10-13-11-15(7-8-16(13)22-12-14)23-17-6-4-5-9-21-17;2*1-14(2,3)18-13(16)10-6-9-7-11(15)4-5-12(9)17-8-10;13-8-9-7-10(4-5-11(9)14)16-12-3-1-2-6-15-12;11-8-1-2-9-6(4-8)3-7(5-14-9)10(12)13;8-4-5-3-6(9)1-2-7(5)10;3-2(4,5)1-6;;;1-2-3/h7-8,10-11,17H,4-6,9,12H2,1-3H3;4-5,7,10,15H,6,8H2,1-3H3;4-7,15H,8H2,1-3H3;4-5,7-8,12,14H,1-3,6H2;1-2,4,7,11H,3,5H2,(H,12,13);1-4,9-10H;1H;2*1H4;1H2/p+1/i/hT. The van der Waals surface area contributed by atoms with Crippen LogP contribution in [0.4, 0.5) is 13.2 Å². The summed E-state index contributed by atoms with van der Waals surface area (Å²) in [6.45, 7) is 18.0. The molecule has 0 radical (unpaired) electrons. The Morgan fingerprint density at radius 1 is 0.523 bits per heavy atom. The van der Waals surface area contributed by atoms with Crippen molar-refractivity contribution in [2.24, 2.45) is 11.8 Å². The Hall–Kier alpha value is -10.1. The van der Waals surface area contributed by atoms with Gasteiger partial charge in [-0.25, -0.2) is 9.59 Å². The van der Waals surface area contributed by atoms with Gasteiger partial charge in [0.05, 0.1) is 56.3 Å². The van der Waals surface area contributed by atoms with Crippen LogP contribution < -0.4 is 28.4 Å². The molecule has 0 amide bonds. The van der Waals surface area contributed by atoms with Gasteiger partial charge < -0.3 is 87.9 Å². The molecule has 0 bridgehead atoms. The quantitative estimate of drug-likeness (QED) is 0.0220. The first-order valence-corrected chi connectivity index (χ1v) is 37.6. The SMILES string of the molecule is C.C.CC(C)(C)OC(=O)C1=Cc2cc(O)ccc2OC1.CC(C)(C)OC(=O)C1=Cc2cc(OC3CCCCO3)ccc2OC1.CC(C)(C)OC(=O)C1COc2ccc(O)cc2C1.O=C(O)C1COc2ccc(O)cc2C1.O=CC(F)(F)F.O=Cc1cc(O)ccc1O.O=Cc1cc(OC2CCCCO2)ccc1O.[3H][P+](P)=S. The van der Waals surface area contributed by atoms with E-state index in [1.54, 1.807) is 60.7 Å². The number of benzene rings is 6. The predicted octanol–water partition coefficient (Wildman–Crippen LogP) is 15.5. The van der Waals surface area contributed by atoms with E-state index in [4.69, 9.17) is 73.5 Å². The molecule has 6 atom stereocenters. The second-order valence-corrected chi connectivity index (χ2v) is 30.3. The molecular weight excluding hydrogens is 1510 g/mol. The number of hydrogen-bond donors (Lipinski definition) is 7. The molecule has 0 aliphatic carbocycles. The lowest BCUT2D eigenvalue weighted by atomic mass is 9.96. The van der Waals surface area contributed by atoms with Crippen molar-refractivity contribution in [1.29, 1.82) is 1.28 Å². The highest BCUT2D eigenvalue weighted by Gasteiger charge is 2.32. The minimum absolute atomic E-state index is 0. The molecule has 2 saturated heterocycles. The fourth-order valence-corrected chi connectivity index (χ4v) is 10.0. The number of carboxylic acids is 1. The van der Waals surface area contributed by atoms with Crippen LogP contribution in [0.15, 0.2) is 120 Å². The molecule has 606 valence electrons. The molecule has 0 saturated carbocycles. The maximum atomic E-state index is 12.2. The number of alkyl halides is 3. The zero-order chi connectivity index (χ0) is 81.7. The zero-order valence-corrected chi connectivity index (χ0v) is 64.4. The second-order valence-electron chi connectivity index (χ2n) is 27.5. The van der Waals surface area contributed by atoms with E-state index in [0.29, 0.717) is 78.3 Å². The number of carbonyl (C=O) groups is 7. The lowest BCUT2D eigenvalue weighted by Gasteiger charge is -2.27. The van der Waals surface area contributed by atoms with Gasteiger partial charge in [-0.1, -0.05) is 14.9 Å². The summed E-state index contributed by atoms with van der Waals surface area (Å²) in [5, 5.41) is 63.8. The maximum Gasteiger partial charge on any atom is 0.446 e. The highest BCUT2D eigenvalue weighted by atomic mass is 32.6. The third-order valence-electron chi connectivity index (χ3n) is 14.9. The van der Waals surface area contributed by atoms with Gasteiger partial charge >= 0.3 is 31.3 Å². The van der Waals surface area contributed by atoms with Crippen molar-refractivity contribution >= 4 is 82.6 Å². The Morgan fingerprint density at radius 2 is 0.892 bits per heavy atom. The van der Waals surface area contributed by atoms with Crippen LogP contribution in [0.2, 0.25) is 0 Å². The lowest BCUT2D eigenvalue weighted by Crippen LogP contribution is -2.34. The van der Waals surface area contributed by atoms with Crippen molar-refractivity contribution in [3.05, 3.63) is 154 Å². The molecule has 0 aromatic heterocycles. The van der Waals surface area contributed by atoms with E-state index in [1.807, 2.05) is 86.6 Å². The monoisotopic (exact) mass is 1610 g/mol. The van der Waals surface area contributed by atoms with Gasteiger partial charge in [0.1, 0.15) is 112 Å². The van der Waals surface area contributed by atoms with Crippen molar-refractivity contribution in [1.82, 2.24) is 0 Å². The predicted molar refractivity (Wildman–Crippen MR) is 416 cm³/mol. The van der Waals surface area contributed by atoms with E-state index in [2.05, 4.69) is 20.7 Å². The maximum absolute atomic E-state index is 12.2. The molecule has 6 aromatic rings. The molecule has 6 unspecified atom stereocenters. The van der Waals surface area contributed by atoms with Gasteiger partial charge in [-0.15, -0.1) is 0 Å². The number of ether oxygens (including phenoxy) is 11. The molecule has 2 fully saturated rings. The summed E-state index contributed by atoms with van der Waals surface area (Å²) in [6.07, 6.45) is 5.50. The Balaban J connectivity index is 0.000000343. The van der Waals surface area contributed by atoms with Crippen LogP contribution in [0.5, 0.6) is 69.0 Å². The Bertz CT molecular complexity index is 4190. The van der Waals surface area contributed by atoms with Crippen molar-refractivity contribution in [3.8, 4) is 69.0 Å². The van der Waals surface area contributed by atoms with Crippen LogP contribution in [0.3, 0.4) is 0 Å². The number of hydrogen-bond acceptors (Lipinski definition) is 25. The van der Waals surface area contributed by atoms with Crippen LogP contribution in [0.1, 0.15) is 159 Å². The van der Waals surface area contributed by atoms with Crippen LogP contribution in [-0.4, -0.2) is 155 Å². The lowest BCUT2D eigenvalue weighted by molar-refractivity contribution is -0.161. The summed E-state index contributed by atoms with van der Waals surface area (Å²) >= 11 is 4.31. The molecular formula is C80H100F3O25P2S+. The smallest absolute Gasteiger partial charge is 0.446 e. The average molecular weight is 1610 g/mol. The van der Waals surface area contributed by atoms with E-state index in [0.717, 1.165) is 73.3 Å². The van der Waals surface area contributed by atoms with Gasteiger partial charge in [0.25, 0.3) is 0 Å². The molecule has 111 heavy (non-hydrogen) atoms. The molecule has 7 N–H and O–H groups in total. The number of fused-ring (bicyclic) bond motifs is 4.